The van der Waals surface area contributed by atoms with Crippen molar-refractivity contribution in [3.63, 3.8) is 0 Å². The van der Waals surface area contributed by atoms with Gasteiger partial charge in [-0.1, -0.05) is 0 Å². The summed E-state index contributed by atoms with van der Waals surface area (Å²) in [6.45, 7) is 0. The fraction of sp³-hybridized carbons (Fsp3) is 0.250. The molecule has 6 heteroatoms. The maximum absolute atomic E-state index is 12.2. The largest absolute Gasteiger partial charge is 0.394 e. The molecule has 0 spiro atoms. The molecule has 0 atom stereocenters. The van der Waals surface area contributed by atoms with E-state index in [1.165, 1.54) is 0 Å². The van der Waals surface area contributed by atoms with Gasteiger partial charge in [-0.25, -0.2) is 8.78 Å². The molecule has 4 nitrogen and oxygen atoms in total. The fourth-order valence-electron chi connectivity index (χ4n) is 0.988. The Morgan fingerprint density at radius 1 is 1.64 bits per heavy atom. The lowest BCUT2D eigenvalue weighted by atomic mass is 10.2. The summed E-state index contributed by atoms with van der Waals surface area (Å²) < 4.78 is 24.4. The molecule has 0 bridgehead atoms. The Hall–Kier alpha value is -1.90. The number of nitrogens with one attached hydrogen (secondary N) is 1. The van der Waals surface area contributed by atoms with E-state index in [9.17, 15) is 13.6 Å². The molecule has 74 valence electrons. The molecule has 0 amide bonds. The Balaban J connectivity index is 3.28. The highest BCUT2D eigenvalue weighted by molar-refractivity contribution is 5.46. The Morgan fingerprint density at radius 2 is 2.29 bits per heavy atom. The first kappa shape index (κ1) is 10.2. The van der Waals surface area contributed by atoms with Crippen molar-refractivity contribution in [2.45, 2.75) is 12.8 Å². The molecule has 0 aliphatic rings. The molecule has 1 aromatic rings. The molecule has 1 aromatic heterocycles. The topological polar surface area (TPSA) is 82.7 Å². The minimum atomic E-state index is -2.86. The number of hydrogen-bond acceptors (Lipinski definition) is 3. The number of halogens is 2. The van der Waals surface area contributed by atoms with Crippen LogP contribution in [0.1, 0.15) is 17.7 Å². The molecular formula is C8H7F2N3O. The standard InChI is InChI=1S/C8H7F2N3O/c9-8(10)4-3-13-5(1-2-11)6(12)7(4)14/h3,8H,1,12H2,(H,13,14). The van der Waals surface area contributed by atoms with Gasteiger partial charge in [0.05, 0.1) is 23.7 Å². The summed E-state index contributed by atoms with van der Waals surface area (Å²) in [6, 6.07) is 1.76. The lowest BCUT2D eigenvalue weighted by Gasteiger charge is -2.03. The first-order chi connectivity index (χ1) is 6.57. The van der Waals surface area contributed by atoms with Crippen molar-refractivity contribution in [3.8, 4) is 6.07 Å². The first-order valence-corrected chi connectivity index (χ1v) is 3.73. The average molecular weight is 199 g/mol. The normalized spacial score (nSPS) is 10.1. The SMILES string of the molecule is N#CCc1[nH]cc(C(F)F)c(=O)c1N. The lowest BCUT2D eigenvalue weighted by Crippen LogP contribution is -2.17. The Labute approximate surface area is 78.0 Å². The fourth-order valence-corrected chi connectivity index (χ4v) is 0.988. The number of H-pyrrole nitrogens is 1. The summed E-state index contributed by atoms with van der Waals surface area (Å²) in [6.07, 6.45) is -2.09. The van der Waals surface area contributed by atoms with Crippen LogP contribution in [0.2, 0.25) is 0 Å². The number of aromatic amines is 1. The zero-order valence-electron chi connectivity index (χ0n) is 7.05. The molecule has 14 heavy (non-hydrogen) atoms. The summed E-state index contributed by atoms with van der Waals surface area (Å²) >= 11 is 0. The van der Waals surface area contributed by atoms with Gasteiger partial charge in [-0.05, 0) is 0 Å². The van der Waals surface area contributed by atoms with Crippen LogP contribution < -0.4 is 11.2 Å². The van der Waals surface area contributed by atoms with E-state index in [4.69, 9.17) is 11.0 Å². The van der Waals surface area contributed by atoms with Crippen LogP contribution in [0, 0.1) is 11.3 Å². The van der Waals surface area contributed by atoms with Crippen molar-refractivity contribution in [3.05, 3.63) is 27.7 Å². The van der Waals surface area contributed by atoms with Gasteiger partial charge in [-0.15, -0.1) is 0 Å². The number of nitriles is 1. The zero-order valence-corrected chi connectivity index (χ0v) is 7.05. The highest BCUT2D eigenvalue weighted by Gasteiger charge is 2.15. The molecule has 0 fully saturated rings. The van der Waals surface area contributed by atoms with Gasteiger partial charge in [0.15, 0.2) is 0 Å². The van der Waals surface area contributed by atoms with Crippen LogP contribution in [0.5, 0.6) is 0 Å². The van der Waals surface area contributed by atoms with Gasteiger partial charge in [0, 0.05) is 6.20 Å². The van der Waals surface area contributed by atoms with Gasteiger partial charge < -0.3 is 10.7 Å². The minimum Gasteiger partial charge on any atom is -0.394 e. The molecule has 0 aliphatic heterocycles. The Kier molecular flexibility index (Phi) is 2.82. The quantitative estimate of drug-likeness (QED) is 0.744. The van der Waals surface area contributed by atoms with Gasteiger partial charge >= 0.3 is 0 Å². The highest BCUT2D eigenvalue weighted by Crippen LogP contribution is 2.16. The second-order valence-corrected chi connectivity index (χ2v) is 2.60. The number of hydrogen-bond donors (Lipinski definition) is 2. The number of alkyl halides is 2. The molecule has 0 radical (unpaired) electrons. The number of aromatic nitrogens is 1. The number of pyridine rings is 1. The van der Waals surface area contributed by atoms with Crippen LogP contribution in [0.25, 0.3) is 0 Å². The van der Waals surface area contributed by atoms with Crippen molar-refractivity contribution in [1.29, 1.82) is 5.26 Å². The van der Waals surface area contributed by atoms with Gasteiger partial charge in [0.25, 0.3) is 6.43 Å². The molecule has 0 aliphatic carbocycles. The second kappa shape index (κ2) is 3.87. The Bertz CT molecular complexity index is 433. The van der Waals surface area contributed by atoms with Gasteiger partial charge in [-0.3, -0.25) is 4.79 Å². The maximum atomic E-state index is 12.2. The van der Waals surface area contributed by atoms with Crippen LogP contribution in [-0.2, 0) is 6.42 Å². The van der Waals surface area contributed by atoms with E-state index in [2.05, 4.69) is 4.98 Å². The predicted molar refractivity (Wildman–Crippen MR) is 45.7 cm³/mol. The summed E-state index contributed by atoms with van der Waals surface area (Å²) in [5, 5.41) is 8.34. The molecule has 0 saturated carbocycles. The number of nitrogens with two attached hydrogens (primary N) is 1. The molecule has 1 rings (SSSR count). The van der Waals surface area contributed by atoms with Crippen LogP contribution in [0.15, 0.2) is 11.0 Å². The third-order valence-electron chi connectivity index (χ3n) is 1.72. The Morgan fingerprint density at radius 3 is 2.79 bits per heavy atom. The second-order valence-electron chi connectivity index (χ2n) is 2.60. The first-order valence-electron chi connectivity index (χ1n) is 3.73. The van der Waals surface area contributed by atoms with Crippen molar-refractivity contribution >= 4 is 5.69 Å². The van der Waals surface area contributed by atoms with Crippen LogP contribution in [0.3, 0.4) is 0 Å². The van der Waals surface area contributed by atoms with E-state index in [-0.39, 0.29) is 17.8 Å². The van der Waals surface area contributed by atoms with Crippen molar-refractivity contribution in [2.75, 3.05) is 5.73 Å². The van der Waals surface area contributed by atoms with E-state index in [1.807, 2.05) is 0 Å². The minimum absolute atomic E-state index is 0.107. The molecule has 0 aromatic carbocycles. The smallest absolute Gasteiger partial charge is 0.269 e. The van der Waals surface area contributed by atoms with E-state index in [0.29, 0.717) is 0 Å². The van der Waals surface area contributed by atoms with Gasteiger partial charge in [-0.2, -0.15) is 5.26 Å². The molecule has 3 N–H and O–H groups in total. The monoisotopic (exact) mass is 199 g/mol. The maximum Gasteiger partial charge on any atom is 0.269 e. The lowest BCUT2D eigenvalue weighted by molar-refractivity contribution is 0.150. The van der Waals surface area contributed by atoms with E-state index >= 15 is 0 Å². The number of nitrogen functional groups attached to an aromatic ring is 1. The van der Waals surface area contributed by atoms with E-state index in [0.717, 1.165) is 6.20 Å². The van der Waals surface area contributed by atoms with Crippen molar-refractivity contribution in [2.24, 2.45) is 0 Å². The third kappa shape index (κ3) is 1.71. The summed E-state index contributed by atoms with van der Waals surface area (Å²) in [4.78, 5) is 13.6. The van der Waals surface area contributed by atoms with Crippen LogP contribution in [-0.4, -0.2) is 4.98 Å². The number of rotatable bonds is 2. The van der Waals surface area contributed by atoms with Crippen molar-refractivity contribution in [1.82, 2.24) is 4.98 Å². The third-order valence-corrected chi connectivity index (χ3v) is 1.72. The summed E-state index contributed by atoms with van der Waals surface area (Å²) in [5.74, 6) is 0. The highest BCUT2D eigenvalue weighted by atomic mass is 19.3. The number of anilines is 1. The van der Waals surface area contributed by atoms with Gasteiger partial charge in [0.1, 0.15) is 5.69 Å². The van der Waals surface area contributed by atoms with Crippen molar-refractivity contribution < 1.29 is 8.78 Å². The van der Waals surface area contributed by atoms with E-state index < -0.39 is 17.4 Å². The molecule has 0 saturated heterocycles. The van der Waals surface area contributed by atoms with Crippen LogP contribution in [0.4, 0.5) is 14.5 Å². The molecular weight excluding hydrogens is 192 g/mol. The predicted octanol–water partition coefficient (Wildman–Crippen LogP) is 0.961. The van der Waals surface area contributed by atoms with Gasteiger partial charge in [0.2, 0.25) is 5.43 Å². The molecule has 1 heterocycles. The van der Waals surface area contributed by atoms with E-state index in [1.54, 1.807) is 6.07 Å². The zero-order chi connectivity index (χ0) is 10.7. The number of nitrogens with zero attached hydrogens (tertiary/aromatic N) is 1. The summed E-state index contributed by atoms with van der Waals surface area (Å²) in [7, 11) is 0. The average Bonchev–Trinajstić information content (AvgIpc) is 2.13. The van der Waals surface area contributed by atoms with Crippen LogP contribution >= 0.6 is 0 Å². The molecule has 0 unspecified atom stereocenters. The summed E-state index contributed by atoms with van der Waals surface area (Å²) in [5.41, 5.74) is 3.54.